The van der Waals surface area contributed by atoms with Crippen molar-refractivity contribution >= 4 is 13.6 Å². The van der Waals surface area contributed by atoms with E-state index in [1.165, 1.54) is 22.3 Å². The Hall–Kier alpha value is -0.759. The molecule has 1 aromatic rings. The van der Waals surface area contributed by atoms with Crippen LogP contribution in [-0.4, -0.2) is 13.6 Å². The molecule has 0 aromatic heterocycles. The van der Waals surface area contributed by atoms with Crippen LogP contribution in [0.2, 0.25) is 13.1 Å². The van der Waals surface area contributed by atoms with E-state index in [2.05, 4.69) is 61.7 Å². The third kappa shape index (κ3) is 2.23. The van der Waals surface area contributed by atoms with Gasteiger partial charge in [-0.3, -0.25) is 0 Å². The molecule has 0 amide bonds. The van der Waals surface area contributed by atoms with Crippen LogP contribution in [0.15, 0.2) is 53.6 Å². The van der Waals surface area contributed by atoms with Crippen LogP contribution in [-0.2, 0) is 21.7 Å². The van der Waals surface area contributed by atoms with Crippen molar-refractivity contribution in [1.29, 1.82) is 0 Å². The summed E-state index contributed by atoms with van der Waals surface area (Å²) < 4.78 is 0. The maximum Gasteiger partial charge on any atom is 0 e. The van der Waals surface area contributed by atoms with E-state index in [1.54, 1.807) is 5.17 Å². The van der Waals surface area contributed by atoms with Crippen molar-refractivity contribution in [2.45, 2.75) is 19.5 Å². The summed E-state index contributed by atoms with van der Waals surface area (Å²) in [6, 6.07) is 8.66. The van der Waals surface area contributed by atoms with E-state index in [0.29, 0.717) is 0 Å². The smallest absolute Gasteiger partial charge is 0 e. The molecule has 2 heteroatoms. The first-order chi connectivity index (χ1) is 8.27. The molecule has 88 valence electrons. The van der Waals surface area contributed by atoms with Gasteiger partial charge in [-0.25, -0.2) is 0 Å². The maximum atomic E-state index is 3.60. The van der Waals surface area contributed by atoms with E-state index in [-0.39, 0.29) is 21.7 Å². The molecule has 18 heavy (non-hydrogen) atoms. The minimum absolute atomic E-state index is 0. The molecule has 2 aliphatic rings. The molecule has 0 aliphatic heterocycles. The van der Waals surface area contributed by atoms with Crippen LogP contribution in [0.4, 0.5) is 0 Å². The van der Waals surface area contributed by atoms with Crippen LogP contribution in [0.1, 0.15) is 17.5 Å². The van der Waals surface area contributed by atoms with Crippen molar-refractivity contribution in [2.75, 3.05) is 0 Å². The molecule has 0 radical (unpaired) electrons. The molecule has 0 nitrogen and oxygen atoms in total. The maximum absolute atomic E-state index is 3.60. The zero-order valence-corrected chi connectivity index (χ0v) is 13.3. The van der Waals surface area contributed by atoms with Gasteiger partial charge in [-0.15, -0.1) is 39.6 Å². The van der Waals surface area contributed by atoms with Gasteiger partial charge >= 0.3 is 0 Å². The predicted molar refractivity (Wildman–Crippen MR) is 75.7 cm³/mol. The second-order valence-electron chi connectivity index (χ2n) is 4.74. The summed E-state index contributed by atoms with van der Waals surface area (Å²) in [5.74, 6) is 0. The van der Waals surface area contributed by atoms with Crippen LogP contribution in [0.5, 0.6) is 0 Å². The number of hydrogen-bond donors (Lipinski definition) is 0. The van der Waals surface area contributed by atoms with Crippen molar-refractivity contribution in [2.24, 2.45) is 0 Å². The van der Waals surface area contributed by atoms with Gasteiger partial charge in [-0.05, 0) is 14.8 Å². The fourth-order valence-corrected chi connectivity index (χ4v) is 4.01. The summed E-state index contributed by atoms with van der Waals surface area (Å²) in [7, 11) is -0.460. The number of rotatable bonds is 1. The summed E-state index contributed by atoms with van der Waals surface area (Å²) in [4.78, 5) is 0. The zero-order valence-electron chi connectivity index (χ0n) is 10.7. The van der Waals surface area contributed by atoms with Crippen LogP contribution in [0, 0.1) is 6.08 Å². The Morgan fingerprint density at radius 2 is 1.94 bits per heavy atom. The normalized spacial score (nSPS) is 16.0. The van der Waals surface area contributed by atoms with Crippen molar-refractivity contribution < 1.29 is 21.7 Å². The molecule has 0 saturated carbocycles. The Morgan fingerprint density at radius 3 is 2.61 bits per heavy atom. The number of allylic oxidation sites excluding steroid dienone is 5. The topological polar surface area (TPSA) is 0 Å². The Kier molecular flexibility index (Phi) is 4.16. The van der Waals surface area contributed by atoms with Crippen LogP contribution in [0.25, 0.3) is 0 Å². The van der Waals surface area contributed by atoms with Crippen molar-refractivity contribution in [1.82, 2.24) is 0 Å². The Morgan fingerprint density at radius 1 is 1.17 bits per heavy atom. The Bertz CT molecular complexity index is 599. The third-order valence-corrected chi connectivity index (χ3v) is 4.82. The van der Waals surface area contributed by atoms with Crippen molar-refractivity contribution in [3.8, 4) is 0 Å². The summed E-state index contributed by atoms with van der Waals surface area (Å²) >= 11 is 0. The van der Waals surface area contributed by atoms with Gasteiger partial charge in [0.1, 0.15) is 0 Å². The minimum Gasteiger partial charge on any atom is -0.124 e. The SMILES string of the molecule is C[Si](C)=C1C(C2=CC=CC2)=[C-]c2ccccc21.[Ti]. The molecule has 1 aromatic carbocycles. The molecule has 0 N–H and O–H groups in total. The van der Waals surface area contributed by atoms with Gasteiger partial charge in [0, 0.05) is 21.7 Å². The van der Waals surface area contributed by atoms with Gasteiger partial charge in [-0.1, -0.05) is 49.5 Å². The predicted octanol–water partition coefficient (Wildman–Crippen LogP) is 3.52. The van der Waals surface area contributed by atoms with Crippen molar-refractivity contribution in [3.05, 3.63) is 70.8 Å². The summed E-state index contributed by atoms with van der Waals surface area (Å²) in [5.41, 5.74) is 5.49. The monoisotopic (exact) mass is 283 g/mol. The molecule has 0 atom stereocenters. The summed E-state index contributed by atoms with van der Waals surface area (Å²) in [6.45, 7) is 4.74. The van der Waals surface area contributed by atoms with E-state index in [0.717, 1.165) is 6.42 Å². The van der Waals surface area contributed by atoms with E-state index in [4.69, 9.17) is 0 Å². The molecule has 3 rings (SSSR count). The first-order valence-electron chi connectivity index (χ1n) is 6.04. The second-order valence-corrected chi connectivity index (χ2v) is 7.24. The van der Waals surface area contributed by atoms with Crippen molar-refractivity contribution in [3.63, 3.8) is 0 Å². The van der Waals surface area contributed by atoms with E-state index in [1.807, 2.05) is 0 Å². The first kappa shape index (κ1) is 13.7. The van der Waals surface area contributed by atoms with Gasteiger partial charge in [0.25, 0.3) is 0 Å². The van der Waals surface area contributed by atoms with Crippen LogP contribution < -0.4 is 0 Å². The average molecular weight is 283 g/mol. The van der Waals surface area contributed by atoms with Gasteiger partial charge in [0.15, 0.2) is 0 Å². The van der Waals surface area contributed by atoms with E-state index in [9.17, 15) is 0 Å². The quantitative estimate of drug-likeness (QED) is 0.546. The molecule has 0 unspecified atom stereocenters. The molecule has 0 heterocycles. The molecular formula is C16H15SiTi-. The first-order valence-corrected chi connectivity index (χ1v) is 8.54. The fourth-order valence-electron chi connectivity index (χ4n) is 2.53. The molecular weight excluding hydrogens is 268 g/mol. The van der Waals surface area contributed by atoms with Gasteiger partial charge in [-0.2, -0.15) is 0 Å². The molecule has 0 saturated heterocycles. The standard InChI is InChI=1S/C16H15Si.Ti/c1-17(2)16-14-10-6-5-9-13(14)11-15(16)12-7-3-4-8-12;/h3-7,9-10H,8H2,1-2H3;/q-1;. The third-order valence-electron chi connectivity index (χ3n) is 3.30. The van der Waals surface area contributed by atoms with Gasteiger partial charge in [0.2, 0.25) is 0 Å². The van der Waals surface area contributed by atoms with Crippen LogP contribution >= 0.6 is 0 Å². The molecule has 2 aliphatic carbocycles. The number of fused-ring (bicyclic) bond motifs is 1. The number of benzene rings is 1. The fraction of sp³-hybridized carbons (Fsp3) is 0.188. The van der Waals surface area contributed by atoms with E-state index >= 15 is 0 Å². The summed E-state index contributed by atoms with van der Waals surface area (Å²) in [5, 5.41) is 1.56. The largest absolute Gasteiger partial charge is 0.124 e. The van der Waals surface area contributed by atoms with Gasteiger partial charge in [0.05, 0.1) is 0 Å². The Labute approximate surface area is 125 Å². The van der Waals surface area contributed by atoms with E-state index < -0.39 is 8.41 Å². The molecule has 0 spiro atoms. The number of hydrogen-bond acceptors (Lipinski definition) is 0. The molecule has 0 bridgehead atoms. The van der Waals surface area contributed by atoms with Crippen LogP contribution in [0.3, 0.4) is 0 Å². The summed E-state index contributed by atoms with van der Waals surface area (Å²) in [6.07, 6.45) is 11.3. The average Bonchev–Trinajstić information content (AvgIpc) is 2.95. The zero-order chi connectivity index (χ0) is 11.8. The minimum atomic E-state index is -0.460. The second kappa shape index (κ2) is 5.48. The van der Waals surface area contributed by atoms with Gasteiger partial charge < -0.3 is 0 Å². The molecule has 0 fully saturated rings. The Balaban J connectivity index is 0.00000120.